The molecule has 10 heteroatoms. The topological polar surface area (TPSA) is 72.5 Å². The van der Waals surface area contributed by atoms with Crippen molar-refractivity contribution in [3.05, 3.63) is 23.3 Å². The van der Waals surface area contributed by atoms with Crippen LogP contribution in [-0.2, 0) is 17.8 Å². The lowest BCUT2D eigenvalue weighted by Gasteiger charge is -2.36. The van der Waals surface area contributed by atoms with E-state index in [2.05, 4.69) is 53.1 Å². The van der Waals surface area contributed by atoms with Crippen LogP contribution in [0.3, 0.4) is 0 Å². The Hall–Kier alpha value is -1.60. The fourth-order valence-corrected chi connectivity index (χ4v) is 11.1. The fraction of sp³-hybridized carbons (Fsp3) is 0.625. The first-order chi connectivity index (χ1) is 15.7. The quantitative estimate of drug-likeness (QED) is 0.183. The van der Waals surface area contributed by atoms with Gasteiger partial charge in [-0.05, 0) is 63.8 Å². The Morgan fingerprint density at radius 2 is 1.38 bits per heavy atom. The Balaban J connectivity index is 3.90. The van der Waals surface area contributed by atoms with Crippen LogP contribution in [0.4, 0.5) is 0 Å². The molecule has 1 rings (SSSR count). The first-order valence-corrected chi connectivity index (χ1v) is 19.7. The van der Waals surface area contributed by atoms with Crippen molar-refractivity contribution in [1.82, 2.24) is 0 Å². The normalized spacial score (nSPS) is 13.5. The molecule has 0 amide bonds. The number of benzene rings is 1. The van der Waals surface area contributed by atoms with E-state index in [1.807, 2.05) is 6.07 Å². The standard InChI is InChI=1S/C24H43O7Si3/c1-17(2)15-20(32(30-33(7,8)9)31-34(10,11)12)19-16-18(13-14-21(25)26-3)22(27-4)24(29-6)23(19)28-5/h13-14,16-17,20H,15H2,1-12H3. The molecule has 1 aromatic rings. The molecule has 7 nitrogen and oxygen atoms in total. The molecule has 1 radical (unpaired) electrons. The highest BCUT2D eigenvalue weighted by Gasteiger charge is 2.40. The van der Waals surface area contributed by atoms with Gasteiger partial charge >= 0.3 is 15.3 Å². The van der Waals surface area contributed by atoms with Crippen LogP contribution in [-0.4, -0.2) is 60.3 Å². The van der Waals surface area contributed by atoms with Gasteiger partial charge in [0.1, 0.15) is 0 Å². The third kappa shape index (κ3) is 9.22. The van der Waals surface area contributed by atoms with Gasteiger partial charge in [-0.2, -0.15) is 0 Å². The van der Waals surface area contributed by atoms with Crippen molar-refractivity contribution >= 4 is 38.0 Å². The molecule has 0 fully saturated rings. The van der Waals surface area contributed by atoms with Crippen LogP contribution in [0.5, 0.6) is 17.2 Å². The lowest BCUT2D eigenvalue weighted by molar-refractivity contribution is -0.134. The summed E-state index contributed by atoms with van der Waals surface area (Å²) in [7, 11) is 0.555. The van der Waals surface area contributed by atoms with E-state index in [4.69, 9.17) is 27.2 Å². The molecule has 34 heavy (non-hydrogen) atoms. The number of ether oxygens (including phenoxy) is 4. The maximum absolute atomic E-state index is 11.8. The average molecular weight is 528 g/mol. The molecule has 0 aromatic heterocycles. The number of hydrogen-bond donors (Lipinski definition) is 0. The minimum absolute atomic E-state index is 0.0246. The summed E-state index contributed by atoms with van der Waals surface area (Å²) in [6, 6.07) is 2.00. The van der Waals surface area contributed by atoms with Gasteiger partial charge in [-0.15, -0.1) is 0 Å². The van der Waals surface area contributed by atoms with Gasteiger partial charge in [0.2, 0.25) is 5.75 Å². The minimum Gasteiger partial charge on any atom is -0.492 e. The van der Waals surface area contributed by atoms with Gasteiger partial charge in [-0.25, -0.2) is 4.79 Å². The summed E-state index contributed by atoms with van der Waals surface area (Å²) in [5, 5.41) is 0. The molecule has 0 aliphatic rings. The van der Waals surface area contributed by atoms with Crippen molar-refractivity contribution in [2.75, 3.05) is 28.4 Å². The number of methoxy groups -OCH3 is 4. The molecule has 1 atom stereocenters. The van der Waals surface area contributed by atoms with Crippen molar-refractivity contribution < 1.29 is 32.0 Å². The second-order valence-corrected chi connectivity index (χ2v) is 21.9. The SMILES string of the molecule is COC(=O)C=Cc1cc(C(CC(C)C)[Si](O[Si](C)(C)C)O[Si](C)(C)C)c(OC)c(OC)c1OC. The van der Waals surface area contributed by atoms with Gasteiger partial charge in [0.15, 0.2) is 28.1 Å². The van der Waals surface area contributed by atoms with Gasteiger partial charge in [0, 0.05) is 22.7 Å². The summed E-state index contributed by atoms with van der Waals surface area (Å²) < 4.78 is 35.6. The molecule has 1 aromatic carbocycles. The van der Waals surface area contributed by atoms with E-state index in [1.165, 1.54) is 13.2 Å². The van der Waals surface area contributed by atoms with Gasteiger partial charge in [0.25, 0.3) is 0 Å². The smallest absolute Gasteiger partial charge is 0.371 e. The summed E-state index contributed by atoms with van der Waals surface area (Å²) >= 11 is 0. The molecule has 0 bridgehead atoms. The molecular weight excluding hydrogens is 485 g/mol. The van der Waals surface area contributed by atoms with E-state index in [0.29, 0.717) is 28.7 Å². The van der Waals surface area contributed by atoms with E-state index in [9.17, 15) is 4.79 Å². The van der Waals surface area contributed by atoms with Crippen molar-refractivity contribution in [2.45, 2.75) is 65.1 Å². The summed E-state index contributed by atoms with van der Waals surface area (Å²) in [4.78, 5) is 11.8. The average Bonchev–Trinajstić information content (AvgIpc) is 2.71. The van der Waals surface area contributed by atoms with Crippen molar-refractivity contribution in [3.8, 4) is 17.2 Å². The second-order valence-electron chi connectivity index (χ2n) is 10.4. The van der Waals surface area contributed by atoms with Gasteiger partial charge in [-0.1, -0.05) is 13.8 Å². The van der Waals surface area contributed by atoms with Gasteiger partial charge in [0.05, 0.1) is 28.4 Å². The lowest BCUT2D eigenvalue weighted by Crippen LogP contribution is -2.47. The Morgan fingerprint density at radius 1 is 0.882 bits per heavy atom. The zero-order chi connectivity index (χ0) is 26.3. The molecule has 0 aliphatic carbocycles. The maximum atomic E-state index is 11.8. The first-order valence-electron chi connectivity index (χ1n) is 11.5. The number of carbonyl (C=O) groups excluding carboxylic acids is 1. The van der Waals surface area contributed by atoms with E-state index >= 15 is 0 Å². The highest BCUT2D eigenvalue weighted by Crippen LogP contribution is 2.48. The molecule has 0 heterocycles. The molecule has 1 unspecified atom stereocenters. The maximum Gasteiger partial charge on any atom is 0.371 e. The van der Waals surface area contributed by atoms with Crippen LogP contribution in [0.25, 0.3) is 6.08 Å². The summed E-state index contributed by atoms with van der Waals surface area (Å²) in [6.07, 6.45) is 3.90. The third-order valence-electron chi connectivity index (χ3n) is 4.64. The van der Waals surface area contributed by atoms with Crippen LogP contribution in [0.1, 0.15) is 36.9 Å². The highest BCUT2D eigenvalue weighted by molar-refractivity contribution is 6.81. The zero-order valence-electron chi connectivity index (χ0n) is 23.0. The number of carbonyl (C=O) groups is 1. The van der Waals surface area contributed by atoms with E-state index < -0.39 is 31.9 Å². The predicted molar refractivity (Wildman–Crippen MR) is 144 cm³/mol. The molecule has 193 valence electrons. The Kier molecular flexibility index (Phi) is 11.6. The Morgan fingerprint density at radius 3 is 1.76 bits per heavy atom. The largest absolute Gasteiger partial charge is 0.492 e. The number of rotatable bonds is 13. The number of esters is 1. The Bertz CT molecular complexity index is 826. The molecule has 0 N–H and O–H groups in total. The van der Waals surface area contributed by atoms with Gasteiger partial charge < -0.3 is 27.2 Å². The Labute approximate surface area is 209 Å². The predicted octanol–water partition coefficient (Wildman–Crippen LogP) is 5.76. The summed E-state index contributed by atoms with van der Waals surface area (Å²) in [5.74, 6) is 1.50. The van der Waals surface area contributed by atoms with Crippen LogP contribution < -0.4 is 14.2 Å². The molecular formula is C24H43O7Si3. The van der Waals surface area contributed by atoms with Gasteiger partial charge in [-0.3, -0.25) is 0 Å². The zero-order valence-corrected chi connectivity index (χ0v) is 26.0. The molecule has 0 aliphatic heterocycles. The fourth-order valence-electron chi connectivity index (χ4n) is 3.47. The molecule has 0 saturated carbocycles. The van der Waals surface area contributed by atoms with E-state index in [1.54, 1.807) is 27.4 Å². The van der Waals surface area contributed by atoms with Crippen LogP contribution in [0, 0.1) is 5.92 Å². The molecule has 0 saturated heterocycles. The van der Waals surface area contributed by atoms with Crippen LogP contribution >= 0.6 is 0 Å². The second kappa shape index (κ2) is 12.9. The van der Waals surface area contributed by atoms with Crippen LogP contribution in [0.2, 0.25) is 39.3 Å². The minimum atomic E-state index is -1.91. The van der Waals surface area contributed by atoms with E-state index in [-0.39, 0.29) is 5.54 Å². The lowest BCUT2D eigenvalue weighted by atomic mass is 9.97. The monoisotopic (exact) mass is 527 g/mol. The number of hydrogen-bond acceptors (Lipinski definition) is 7. The third-order valence-corrected chi connectivity index (χ3v) is 12.3. The van der Waals surface area contributed by atoms with Crippen molar-refractivity contribution in [3.63, 3.8) is 0 Å². The molecule has 0 spiro atoms. The first kappa shape index (κ1) is 30.4. The summed E-state index contributed by atoms with van der Waals surface area (Å²) in [5.41, 5.74) is 1.60. The summed E-state index contributed by atoms with van der Waals surface area (Å²) in [6.45, 7) is 17.5. The van der Waals surface area contributed by atoms with E-state index in [0.717, 1.165) is 12.0 Å². The van der Waals surface area contributed by atoms with Crippen LogP contribution in [0.15, 0.2) is 12.1 Å². The van der Waals surface area contributed by atoms with Crippen molar-refractivity contribution in [1.29, 1.82) is 0 Å². The highest BCUT2D eigenvalue weighted by atomic mass is 28.4. The van der Waals surface area contributed by atoms with Crippen molar-refractivity contribution in [2.24, 2.45) is 5.92 Å².